The molecule has 0 radical (unpaired) electrons. The summed E-state index contributed by atoms with van der Waals surface area (Å²) in [6.07, 6.45) is 5.91. The Kier molecular flexibility index (Phi) is 5.26. The lowest BCUT2D eigenvalue weighted by Gasteiger charge is -2.42. The summed E-state index contributed by atoms with van der Waals surface area (Å²) in [6.45, 7) is 5.26. The Hall–Kier alpha value is -1.09. The quantitative estimate of drug-likeness (QED) is 0.843. The Morgan fingerprint density at radius 3 is 2.71 bits per heavy atom. The Labute approximate surface area is 128 Å². The Balaban J connectivity index is 2.20. The molecule has 0 heterocycles. The van der Waals surface area contributed by atoms with E-state index in [1.807, 2.05) is 6.07 Å². The normalized spacial score (nSPS) is 26.7. The van der Waals surface area contributed by atoms with Crippen molar-refractivity contribution in [2.75, 3.05) is 18.5 Å². The molecule has 21 heavy (non-hydrogen) atoms. The number of benzene rings is 1. The molecule has 2 N–H and O–H groups in total. The fourth-order valence-corrected chi connectivity index (χ4v) is 3.72. The highest BCUT2D eigenvalue weighted by Gasteiger charge is 2.36. The zero-order chi connectivity index (χ0) is 15.5. The summed E-state index contributed by atoms with van der Waals surface area (Å²) in [5.74, 6) is 1.34. The van der Waals surface area contributed by atoms with E-state index < -0.39 is 0 Å². The molecule has 2 atom stereocenters. The molecule has 0 saturated heterocycles. The van der Waals surface area contributed by atoms with Gasteiger partial charge in [-0.25, -0.2) is 4.39 Å². The van der Waals surface area contributed by atoms with Gasteiger partial charge < -0.3 is 10.6 Å². The van der Waals surface area contributed by atoms with Crippen molar-refractivity contribution in [2.24, 2.45) is 17.6 Å². The van der Waals surface area contributed by atoms with Crippen LogP contribution in [0.5, 0.6) is 0 Å². The van der Waals surface area contributed by atoms with Crippen molar-refractivity contribution in [3.8, 4) is 0 Å². The lowest BCUT2D eigenvalue weighted by Crippen LogP contribution is -2.52. The maximum atomic E-state index is 13.5. The molecular weight excluding hydrogens is 263 g/mol. The van der Waals surface area contributed by atoms with E-state index in [2.05, 4.69) is 25.8 Å². The fraction of sp³-hybridized carbons (Fsp3) is 0.667. The minimum Gasteiger partial charge on any atom is -0.368 e. The summed E-state index contributed by atoms with van der Waals surface area (Å²) in [7, 11) is 2.07. The molecule has 1 saturated carbocycles. The van der Waals surface area contributed by atoms with Crippen LogP contribution < -0.4 is 10.6 Å². The van der Waals surface area contributed by atoms with Crippen molar-refractivity contribution >= 4 is 5.69 Å². The summed E-state index contributed by atoms with van der Waals surface area (Å²) in [5.41, 5.74) is 7.07. The van der Waals surface area contributed by atoms with E-state index in [0.29, 0.717) is 6.54 Å². The highest BCUT2D eigenvalue weighted by molar-refractivity contribution is 5.48. The standard InChI is InChI=1S/C18H29FN2/c1-14(2)15-6-5-10-18(13-20,11-9-15)21(3)17-8-4-7-16(19)12-17/h4,7-8,12,14-15H,5-6,9-11,13,20H2,1-3H3. The van der Waals surface area contributed by atoms with Crippen molar-refractivity contribution in [2.45, 2.75) is 51.5 Å². The SMILES string of the molecule is CC(C)C1CCCC(CN)(N(C)c2cccc(F)c2)CC1. The summed E-state index contributed by atoms with van der Waals surface area (Å²) >= 11 is 0. The third-order valence-electron chi connectivity index (χ3n) is 5.43. The van der Waals surface area contributed by atoms with Gasteiger partial charge in [0.1, 0.15) is 5.82 Å². The van der Waals surface area contributed by atoms with Crippen LogP contribution in [0.4, 0.5) is 10.1 Å². The average molecular weight is 292 g/mol. The maximum absolute atomic E-state index is 13.5. The smallest absolute Gasteiger partial charge is 0.125 e. The predicted molar refractivity (Wildman–Crippen MR) is 88.0 cm³/mol. The molecule has 118 valence electrons. The molecule has 1 aliphatic rings. The van der Waals surface area contributed by atoms with E-state index in [-0.39, 0.29) is 11.4 Å². The monoisotopic (exact) mass is 292 g/mol. The van der Waals surface area contributed by atoms with Gasteiger partial charge in [0, 0.05) is 19.3 Å². The van der Waals surface area contributed by atoms with Crippen LogP contribution >= 0.6 is 0 Å². The molecule has 1 aliphatic carbocycles. The fourth-order valence-electron chi connectivity index (χ4n) is 3.72. The van der Waals surface area contributed by atoms with Crippen LogP contribution in [0.1, 0.15) is 46.0 Å². The zero-order valence-electron chi connectivity index (χ0n) is 13.6. The molecule has 1 aromatic carbocycles. The number of hydrogen-bond acceptors (Lipinski definition) is 2. The van der Waals surface area contributed by atoms with Gasteiger partial charge >= 0.3 is 0 Å². The predicted octanol–water partition coefficient (Wildman–Crippen LogP) is 4.20. The molecule has 1 fully saturated rings. The number of nitrogens with zero attached hydrogens (tertiary/aromatic N) is 1. The van der Waals surface area contributed by atoms with Crippen LogP contribution in [0.25, 0.3) is 0 Å². The van der Waals surface area contributed by atoms with Crippen LogP contribution in [0, 0.1) is 17.7 Å². The van der Waals surface area contributed by atoms with Gasteiger partial charge in [-0.1, -0.05) is 32.8 Å². The van der Waals surface area contributed by atoms with Gasteiger partial charge in [-0.15, -0.1) is 0 Å². The number of nitrogens with two attached hydrogens (primary N) is 1. The summed E-state index contributed by atoms with van der Waals surface area (Å²) in [5, 5.41) is 0. The number of anilines is 1. The minimum atomic E-state index is -0.180. The summed E-state index contributed by atoms with van der Waals surface area (Å²) in [4.78, 5) is 2.22. The van der Waals surface area contributed by atoms with Crippen molar-refractivity contribution in [1.82, 2.24) is 0 Å². The first kappa shape index (κ1) is 16.3. The summed E-state index contributed by atoms with van der Waals surface area (Å²) < 4.78 is 13.5. The van der Waals surface area contributed by atoms with E-state index in [4.69, 9.17) is 5.73 Å². The topological polar surface area (TPSA) is 29.3 Å². The van der Waals surface area contributed by atoms with Crippen LogP contribution in [-0.4, -0.2) is 19.1 Å². The molecular formula is C18H29FN2. The van der Waals surface area contributed by atoms with E-state index in [1.165, 1.54) is 25.3 Å². The summed E-state index contributed by atoms with van der Waals surface area (Å²) in [6, 6.07) is 6.86. The zero-order valence-corrected chi connectivity index (χ0v) is 13.6. The van der Waals surface area contributed by atoms with Crippen molar-refractivity contribution < 1.29 is 4.39 Å². The molecule has 2 unspecified atom stereocenters. The number of likely N-dealkylation sites (N-methyl/N-ethyl adjacent to an activating group) is 1. The first-order valence-electron chi connectivity index (χ1n) is 8.18. The lowest BCUT2D eigenvalue weighted by molar-refractivity contribution is 0.320. The molecule has 0 spiro atoms. The van der Waals surface area contributed by atoms with E-state index >= 15 is 0 Å². The number of halogens is 1. The van der Waals surface area contributed by atoms with Gasteiger partial charge in [-0.2, -0.15) is 0 Å². The van der Waals surface area contributed by atoms with Crippen molar-refractivity contribution in [3.05, 3.63) is 30.1 Å². The second-order valence-electron chi connectivity index (χ2n) is 6.90. The lowest BCUT2D eigenvalue weighted by atomic mass is 9.85. The van der Waals surface area contributed by atoms with Gasteiger partial charge in [0.05, 0.1) is 5.54 Å². The van der Waals surface area contributed by atoms with Gasteiger partial charge in [0.25, 0.3) is 0 Å². The largest absolute Gasteiger partial charge is 0.368 e. The Morgan fingerprint density at radius 1 is 1.33 bits per heavy atom. The Bertz CT molecular complexity index is 460. The molecule has 0 aromatic heterocycles. The third kappa shape index (κ3) is 3.57. The molecule has 2 rings (SSSR count). The third-order valence-corrected chi connectivity index (χ3v) is 5.43. The Morgan fingerprint density at radius 2 is 2.10 bits per heavy atom. The first-order valence-corrected chi connectivity index (χ1v) is 8.18. The highest BCUT2D eigenvalue weighted by atomic mass is 19.1. The maximum Gasteiger partial charge on any atom is 0.125 e. The first-order chi connectivity index (χ1) is 9.98. The number of rotatable bonds is 4. The number of hydrogen-bond donors (Lipinski definition) is 1. The molecule has 1 aromatic rings. The van der Waals surface area contributed by atoms with E-state index in [9.17, 15) is 4.39 Å². The molecule has 2 nitrogen and oxygen atoms in total. The van der Waals surface area contributed by atoms with Crippen LogP contribution in [0.15, 0.2) is 24.3 Å². The minimum absolute atomic E-state index is 0.0303. The molecule has 0 bridgehead atoms. The van der Waals surface area contributed by atoms with E-state index in [1.54, 1.807) is 12.1 Å². The highest BCUT2D eigenvalue weighted by Crippen LogP contribution is 2.38. The van der Waals surface area contributed by atoms with Gasteiger partial charge in [-0.3, -0.25) is 0 Å². The molecule has 3 heteroatoms. The molecule has 0 aliphatic heterocycles. The van der Waals surface area contributed by atoms with Crippen LogP contribution in [0.3, 0.4) is 0 Å². The second kappa shape index (κ2) is 6.78. The van der Waals surface area contributed by atoms with Crippen molar-refractivity contribution in [1.29, 1.82) is 0 Å². The average Bonchev–Trinajstić information content (AvgIpc) is 2.70. The van der Waals surface area contributed by atoms with E-state index in [0.717, 1.165) is 30.4 Å². The van der Waals surface area contributed by atoms with Crippen LogP contribution in [0.2, 0.25) is 0 Å². The van der Waals surface area contributed by atoms with Gasteiger partial charge in [-0.05, 0) is 49.3 Å². The van der Waals surface area contributed by atoms with Crippen molar-refractivity contribution in [3.63, 3.8) is 0 Å². The second-order valence-corrected chi connectivity index (χ2v) is 6.90. The van der Waals surface area contributed by atoms with Crippen LogP contribution in [-0.2, 0) is 0 Å². The van der Waals surface area contributed by atoms with Gasteiger partial charge in [0.15, 0.2) is 0 Å². The van der Waals surface area contributed by atoms with Gasteiger partial charge in [0.2, 0.25) is 0 Å². The molecule has 0 amide bonds.